The van der Waals surface area contributed by atoms with Crippen molar-refractivity contribution in [1.29, 1.82) is 0 Å². The third-order valence-electron chi connectivity index (χ3n) is 5.76. The number of aliphatic imine (C=N–C) groups is 1. The molecule has 1 aromatic carbocycles. The van der Waals surface area contributed by atoms with Crippen LogP contribution in [0, 0.1) is 0 Å². The molecule has 1 aromatic rings. The van der Waals surface area contributed by atoms with E-state index in [9.17, 15) is 14.4 Å². The lowest BCUT2D eigenvalue weighted by Gasteiger charge is -2.27. The first-order valence-electron chi connectivity index (χ1n) is 12.9. The number of hydrazine groups is 1. The van der Waals surface area contributed by atoms with Gasteiger partial charge in [0, 0.05) is 49.5 Å². The van der Waals surface area contributed by atoms with E-state index in [0.717, 1.165) is 11.1 Å². The number of aliphatic carboxylic acids is 2. The predicted molar refractivity (Wildman–Crippen MR) is 149 cm³/mol. The quantitative estimate of drug-likeness (QED) is 0.105. The summed E-state index contributed by atoms with van der Waals surface area (Å²) >= 11 is 0. The van der Waals surface area contributed by atoms with E-state index in [1.807, 2.05) is 47.6 Å². The van der Waals surface area contributed by atoms with Crippen LogP contribution in [0.4, 0.5) is 0 Å². The van der Waals surface area contributed by atoms with Crippen LogP contribution in [0.5, 0.6) is 5.75 Å². The Balaban J connectivity index is 0.000000395. The zero-order chi connectivity index (χ0) is 29.5. The molecule has 0 radical (unpaired) electrons. The highest BCUT2D eigenvalue weighted by atomic mass is 16.5. The van der Waals surface area contributed by atoms with Gasteiger partial charge in [-0.3, -0.25) is 19.6 Å². The first-order chi connectivity index (χ1) is 19.1. The van der Waals surface area contributed by atoms with E-state index in [4.69, 9.17) is 36.9 Å². The van der Waals surface area contributed by atoms with Crippen LogP contribution in [-0.4, -0.2) is 77.4 Å². The Morgan fingerprint density at radius 1 is 1.18 bits per heavy atom. The predicted octanol–water partition coefficient (Wildman–Crippen LogP) is 0.667. The van der Waals surface area contributed by atoms with Gasteiger partial charge in [0.15, 0.2) is 17.8 Å². The molecule has 40 heavy (non-hydrogen) atoms. The van der Waals surface area contributed by atoms with E-state index in [1.54, 1.807) is 13.1 Å². The third kappa shape index (κ3) is 11.2. The second-order valence-electron chi connectivity index (χ2n) is 8.87. The number of nitrogens with zero attached hydrogens (tertiary/aromatic N) is 2. The molecule has 1 unspecified atom stereocenters. The molecule has 3 rings (SSSR count). The summed E-state index contributed by atoms with van der Waals surface area (Å²) in [5.74, 6) is -1.12. The van der Waals surface area contributed by atoms with Crippen LogP contribution < -0.4 is 27.4 Å². The van der Waals surface area contributed by atoms with Crippen molar-refractivity contribution in [2.45, 2.75) is 44.8 Å². The molecular formula is C27H38N6O7. The number of ketones is 1. The second-order valence-corrected chi connectivity index (χ2v) is 8.87. The number of benzene rings is 1. The highest BCUT2D eigenvalue weighted by Crippen LogP contribution is 2.22. The van der Waals surface area contributed by atoms with Gasteiger partial charge in [0.1, 0.15) is 18.4 Å². The van der Waals surface area contributed by atoms with Gasteiger partial charge in [0.2, 0.25) is 0 Å². The summed E-state index contributed by atoms with van der Waals surface area (Å²) in [6, 6.07) is 6.52. The van der Waals surface area contributed by atoms with Crippen LogP contribution in [0.15, 0.2) is 65.0 Å². The van der Waals surface area contributed by atoms with Gasteiger partial charge in [-0.25, -0.2) is 4.79 Å². The van der Waals surface area contributed by atoms with Crippen molar-refractivity contribution in [1.82, 2.24) is 10.4 Å². The Bertz CT molecular complexity index is 1130. The van der Waals surface area contributed by atoms with Gasteiger partial charge >= 0.3 is 11.9 Å². The van der Waals surface area contributed by atoms with Gasteiger partial charge in [0.25, 0.3) is 0 Å². The number of allylic oxidation sites excluding steroid dienone is 4. The number of nitrogens with two attached hydrogens (primary N) is 3. The van der Waals surface area contributed by atoms with Gasteiger partial charge in [-0.05, 0) is 37.5 Å². The minimum atomic E-state index is -1.00. The van der Waals surface area contributed by atoms with Gasteiger partial charge in [-0.1, -0.05) is 24.3 Å². The fourth-order valence-corrected chi connectivity index (χ4v) is 3.67. The molecule has 2 atom stereocenters. The van der Waals surface area contributed by atoms with Gasteiger partial charge in [0.05, 0.1) is 6.54 Å². The number of carboxylic acid groups (broad SMARTS) is 2. The molecule has 0 spiro atoms. The van der Waals surface area contributed by atoms with Crippen molar-refractivity contribution in [3.8, 4) is 5.75 Å². The number of carboxylic acids is 2. The molecule has 0 aromatic heterocycles. The van der Waals surface area contributed by atoms with E-state index in [1.165, 1.54) is 0 Å². The number of nitrogens with one attached hydrogen (secondary N) is 1. The monoisotopic (exact) mass is 558 g/mol. The molecule has 1 aliphatic carbocycles. The second kappa shape index (κ2) is 16.6. The summed E-state index contributed by atoms with van der Waals surface area (Å²) in [6.45, 7) is 3.61. The zero-order valence-electron chi connectivity index (χ0n) is 22.5. The van der Waals surface area contributed by atoms with Gasteiger partial charge in [-0.2, -0.15) is 0 Å². The number of hydrogen-bond donors (Lipinski definition) is 6. The Labute approximate surface area is 233 Å². The van der Waals surface area contributed by atoms with E-state index in [2.05, 4.69) is 10.4 Å². The molecule has 0 saturated carbocycles. The summed E-state index contributed by atoms with van der Waals surface area (Å²) in [4.78, 5) is 36.9. The number of fused-ring (bicyclic) bond motifs is 1. The number of rotatable bonds is 14. The van der Waals surface area contributed by atoms with E-state index >= 15 is 0 Å². The molecule has 0 saturated heterocycles. The van der Waals surface area contributed by atoms with Crippen LogP contribution in [-0.2, 0) is 25.5 Å². The van der Waals surface area contributed by atoms with Crippen LogP contribution in [0.1, 0.15) is 31.7 Å². The minimum absolute atomic E-state index is 0.0129. The number of hydrogen-bond acceptors (Lipinski definition) is 9. The molecule has 13 heteroatoms. The van der Waals surface area contributed by atoms with E-state index in [0.29, 0.717) is 63.3 Å². The van der Waals surface area contributed by atoms with E-state index in [-0.39, 0.29) is 11.7 Å². The fraction of sp³-hybridized carbons (Fsp3) is 0.407. The minimum Gasteiger partial charge on any atom is -0.492 e. The van der Waals surface area contributed by atoms with Crippen molar-refractivity contribution in [3.05, 3.63) is 65.5 Å². The van der Waals surface area contributed by atoms with Crippen LogP contribution >= 0.6 is 0 Å². The largest absolute Gasteiger partial charge is 0.492 e. The zero-order valence-corrected chi connectivity index (χ0v) is 22.5. The molecular weight excluding hydrogens is 520 g/mol. The third-order valence-corrected chi connectivity index (χ3v) is 5.76. The normalized spacial score (nSPS) is 15.2. The maximum Gasteiger partial charge on any atom is 0.333 e. The van der Waals surface area contributed by atoms with Crippen LogP contribution in [0.25, 0.3) is 0 Å². The van der Waals surface area contributed by atoms with Crippen molar-refractivity contribution in [2.75, 3.05) is 26.3 Å². The highest BCUT2D eigenvalue weighted by molar-refractivity contribution is 6.02. The topological polar surface area (TPSA) is 216 Å². The molecule has 13 nitrogen and oxygen atoms in total. The molecule has 2 aliphatic rings. The van der Waals surface area contributed by atoms with Crippen molar-refractivity contribution >= 4 is 23.7 Å². The summed E-state index contributed by atoms with van der Waals surface area (Å²) < 4.78 is 11.0. The SMILES string of the molecule is CCOC(Cc1ccc(OCCN2C=C3C=CCC(=O)C3=CN2)cc1)C(=O)O.NC(N)=NCCC[C@H](N)C(=O)O. The Hall–Kier alpha value is -4.36. The van der Waals surface area contributed by atoms with Gasteiger partial charge in [-0.15, -0.1) is 0 Å². The number of ether oxygens (including phenoxy) is 2. The molecule has 218 valence electrons. The lowest BCUT2D eigenvalue weighted by Crippen LogP contribution is -2.37. The van der Waals surface area contributed by atoms with Crippen molar-refractivity contribution < 1.29 is 34.1 Å². The number of carbonyl (C=O) groups is 3. The number of Topliss-reactive ketones (excluding diaryl/α,β-unsaturated/α-hetero) is 1. The fourth-order valence-electron chi connectivity index (χ4n) is 3.67. The maximum absolute atomic E-state index is 11.8. The molecule has 0 amide bonds. The van der Waals surface area contributed by atoms with Crippen molar-refractivity contribution in [3.63, 3.8) is 0 Å². The molecule has 1 aliphatic heterocycles. The first-order valence-corrected chi connectivity index (χ1v) is 12.9. The molecule has 1 heterocycles. The van der Waals surface area contributed by atoms with Gasteiger partial charge < -0.3 is 42.3 Å². The summed E-state index contributed by atoms with van der Waals surface area (Å²) in [5, 5.41) is 19.4. The standard InChI is InChI=1S/C21H24N2O5.C6H14N4O2/c1-2-27-20(21(25)26)12-15-6-8-17(9-7-15)28-11-10-23-14-16-4-3-5-19(24)18(16)13-22-23;7-4(5(11)12)2-1-3-10-6(8)9/h3-4,6-9,13-14,20,22H,2,5,10-12H2,1H3,(H,25,26);4H,1-3,7H2,(H,11,12)(H4,8,9,10)/t;4-/m.0/s1. The summed E-state index contributed by atoms with van der Waals surface area (Å²) in [6.07, 6.45) is 8.33. The lowest BCUT2D eigenvalue weighted by molar-refractivity contribution is -0.150. The average molecular weight is 559 g/mol. The Kier molecular flexibility index (Phi) is 13.2. The molecule has 0 fully saturated rings. The summed E-state index contributed by atoms with van der Waals surface area (Å²) in [7, 11) is 0. The average Bonchev–Trinajstić information content (AvgIpc) is 2.92. The maximum atomic E-state index is 11.8. The lowest BCUT2D eigenvalue weighted by atomic mass is 9.95. The Morgan fingerprint density at radius 3 is 2.52 bits per heavy atom. The van der Waals surface area contributed by atoms with Crippen molar-refractivity contribution in [2.24, 2.45) is 22.2 Å². The summed E-state index contributed by atoms with van der Waals surface area (Å²) in [5.41, 5.74) is 20.9. The first kappa shape index (κ1) is 31.9. The highest BCUT2D eigenvalue weighted by Gasteiger charge is 2.20. The van der Waals surface area contributed by atoms with Crippen LogP contribution in [0.2, 0.25) is 0 Å². The number of carbonyl (C=O) groups excluding carboxylic acids is 1. The van der Waals surface area contributed by atoms with Crippen LogP contribution in [0.3, 0.4) is 0 Å². The Morgan fingerprint density at radius 2 is 1.90 bits per heavy atom. The smallest absolute Gasteiger partial charge is 0.333 e. The molecule has 0 bridgehead atoms. The number of guanidine groups is 1. The molecule has 9 N–H and O–H groups in total. The van der Waals surface area contributed by atoms with E-state index < -0.39 is 24.1 Å².